The van der Waals surface area contributed by atoms with Gasteiger partial charge in [0.1, 0.15) is 4.90 Å². The van der Waals surface area contributed by atoms with Crippen LogP contribution in [0.5, 0.6) is 5.75 Å². The van der Waals surface area contributed by atoms with Crippen LogP contribution < -0.4 is 9.61 Å². The second-order valence-electron chi connectivity index (χ2n) is 6.48. The molecule has 0 aliphatic rings. The van der Waals surface area contributed by atoms with E-state index in [0.717, 1.165) is 12.1 Å². The van der Waals surface area contributed by atoms with Crippen LogP contribution in [-0.2, 0) is 10.1 Å². The number of rotatable bonds is 8. The van der Waals surface area contributed by atoms with Crippen molar-refractivity contribution in [3.8, 4) is 5.75 Å². The molecule has 0 fully saturated rings. The third-order valence-electron chi connectivity index (χ3n) is 4.19. The molecule has 0 saturated heterocycles. The van der Waals surface area contributed by atoms with Gasteiger partial charge in [-0.2, -0.15) is 13.5 Å². The van der Waals surface area contributed by atoms with Crippen LogP contribution in [0.15, 0.2) is 81.2 Å². The van der Waals surface area contributed by atoms with Crippen LogP contribution in [0.3, 0.4) is 0 Å². The summed E-state index contributed by atoms with van der Waals surface area (Å²) in [6, 6.07) is 13.7. The number of amides is 1. The van der Waals surface area contributed by atoms with Crippen LogP contribution in [0.4, 0.5) is 11.4 Å². The number of hydrogen-bond donors (Lipinski definition) is 1. The molecule has 174 valence electrons. The summed E-state index contributed by atoms with van der Waals surface area (Å²) in [7, 11) is -4.34. The van der Waals surface area contributed by atoms with Gasteiger partial charge >= 0.3 is 10.1 Å². The van der Waals surface area contributed by atoms with Crippen molar-refractivity contribution in [2.75, 3.05) is 0 Å². The summed E-state index contributed by atoms with van der Waals surface area (Å²) in [5, 5.41) is 25.3. The molecule has 0 aliphatic carbocycles. The van der Waals surface area contributed by atoms with Crippen molar-refractivity contribution in [3.63, 3.8) is 0 Å². The minimum Gasteiger partial charge on any atom is -0.378 e. The van der Waals surface area contributed by atoms with E-state index in [-0.39, 0.29) is 26.4 Å². The van der Waals surface area contributed by atoms with E-state index in [1.165, 1.54) is 60.8 Å². The molecule has 14 heteroatoms. The molecule has 0 bridgehead atoms. The van der Waals surface area contributed by atoms with Crippen LogP contribution >= 0.6 is 15.9 Å². The fraction of sp³-hybridized carbons (Fsp3) is 0. The zero-order valence-electron chi connectivity index (χ0n) is 16.8. The Morgan fingerprint density at radius 2 is 1.65 bits per heavy atom. The van der Waals surface area contributed by atoms with Crippen molar-refractivity contribution < 1.29 is 27.2 Å². The first-order chi connectivity index (χ1) is 16.1. The monoisotopic (exact) mass is 548 g/mol. The van der Waals surface area contributed by atoms with Gasteiger partial charge in [-0.05, 0) is 57.9 Å². The van der Waals surface area contributed by atoms with Gasteiger partial charge in [0.2, 0.25) is 0 Å². The van der Waals surface area contributed by atoms with Crippen molar-refractivity contribution >= 4 is 49.5 Å². The summed E-state index contributed by atoms with van der Waals surface area (Å²) in [6.45, 7) is 0. The van der Waals surface area contributed by atoms with Gasteiger partial charge in [0, 0.05) is 29.8 Å². The third-order valence-corrected chi connectivity index (χ3v) is 6.04. The molecule has 1 amide bonds. The number of nitro groups is 2. The number of hydrazone groups is 1. The first-order valence-corrected chi connectivity index (χ1v) is 11.3. The third kappa shape index (κ3) is 5.99. The number of benzene rings is 3. The zero-order chi connectivity index (χ0) is 24.9. The smallest absolute Gasteiger partial charge is 0.339 e. The summed E-state index contributed by atoms with van der Waals surface area (Å²) in [5.74, 6) is -0.660. The Hall–Kier alpha value is -4.17. The molecule has 12 nitrogen and oxygen atoms in total. The molecule has 0 aliphatic heterocycles. The molecule has 0 atom stereocenters. The minimum atomic E-state index is -4.34. The van der Waals surface area contributed by atoms with Gasteiger partial charge in [0.05, 0.1) is 20.5 Å². The molecule has 0 spiro atoms. The van der Waals surface area contributed by atoms with E-state index in [9.17, 15) is 33.4 Å². The first-order valence-electron chi connectivity index (χ1n) is 9.13. The predicted molar refractivity (Wildman–Crippen MR) is 123 cm³/mol. The van der Waals surface area contributed by atoms with E-state index in [1.54, 1.807) is 0 Å². The molecule has 1 N–H and O–H groups in total. The lowest BCUT2D eigenvalue weighted by Crippen LogP contribution is -2.17. The molecule has 0 heterocycles. The number of nitrogens with one attached hydrogen (secondary N) is 1. The Morgan fingerprint density at radius 1 is 0.971 bits per heavy atom. The van der Waals surface area contributed by atoms with Crippen molar-refractivity contribution in [2.45, 2.75) is 4.90 Å². The molecule has 3 rings (SSSR count). The number of nitro benzene ring substituents is 2. The Balaban J connectivity index is 1.68. The standard InChI is InChI=1S/C20H13BrN4O8S/c21-18-10-13(12-22-23-20(26)14-5-7-15(8-6-14)24(27)28)4-9-19(18)33-34(31,32)17-3-1-2-16(11-17)25(29)30/h1-12H,(H,23,26)/b22-12-. The maximum Gasteiger partial charge on any atom is 0.339 e. The summed E-state index contributed by atoms with van der Waals surface area (Å²) in [5.41, 5.74) is 2.35. The van der Waals surface area contributed by atoms with Crippen molar-refractivity contribution in [3.05, 3.63) is 103 Å². The average molecular weight is 549 g/mol. The van der Waals surface area contributed by atoms with Crippen molar-refractivity contribution in [2.24, 2.45) is 5.10 Å². The van der Waals surface area contributed by atoms with Gasteiger partial charge in [-0.3, -0.25) is 25.0 Å². The van der Waals surface area contributed by atoms with Crippen LogP contribution in [-0.4, -0.2) is 30.4 Å². The molecule has 3 aromatic carbocycles. The lowest BCUT2D eigenvalue weighted by molar-refractivity contribution is -0.385. The Kier molecular flexibility index (Phi) is 7.33. The SMILES string of the molecule is O=C(N/N=C\c1ccc(OS(=O)(=O)c2cccc([N+](=O)[O-])c2)c(Br)c1)c1ccc([N+](=O)[O-])cc1. The van der Waals surface area contributed by atoms with E-state index in [1.807, 2.05) is 0 Å². The average Bonchev–Trinajstić information content (AvgIpc) is 2.80. The van der Waals surface area contributed by atoms with Gasteiger partial charge in [-0.1, -0.05) is 6.07 Å². The van der Waals surface area contributed by atoms with E-state index in [0.29, 0.717) is 5.56 Å². The minimum absolute atomic E-state index is 0.0708. The van der Waals surface area contributed by atoms with Gasteiger partial charge in [-0.15, -0.1) is 0 Å². The molecule has 0 aromatic heterocycles. The fourth-order valence-corrected chi connectivity index (χ4v) is 4.12. The number of carbonyl (C=O) groups is 1. The van der Waals surface area contributed by atoms with Crippen molar-refractivity contribution in [1.82, 2.24) is 5.43 Å². The van der Waals surface area contributed by atoms with Gasteiger partial charge in [0.15, 0.2) is 5.75 Å². The number of nitrogens with zero attached hydrogens (tertiary/aromatic N) is 3. The maximum atomic E-state index is 12.5. The van der Waals surface area contributed by atoms with E-state index in [2.05, 4.69) is 26.5 Å². The van der Waals surface area contributed by atoms with Gasteiger partial charge < -0.3 is 4.18 Å². The van der Waals surface area contributed by atoms with E-state index < -0.39 is 31.6 Å². The summed E-state index contributed by atoms with van der Waals surface area (Å²) in [4.78, 5) is 31.9. The van der Waals surface area contributed by atoms with Crippen LogP contribution in [0.1, 0.15) is 15.9 Å². The highest BCUT2D eigenvalue weighted by atomic mass is 79.9. The van der Waals surface area contributed by atoms with Gasteiger partial charge in [0.25, 0.3) is 17.3 Å². The fourth-order valence-electron chi connectivity index (χ4n) is 2.55. The molecule has 0 unspecified atom stereocenters. The Bertz CT molecular complexity index is 1410. The Labute approximate surface area is 200 Å². The topological polar surface area (TPSA) is 171 Å². The van der Waals surface area contributed by atoms with E-state index in [4.69, 9.17) is 4.18 Å². The molecule has 0 saturated carbocycles. The highest BCUT2D eigenvalue weighted by Gasteiger charge is 2.21. The zero-order valence-corrected chi connectivity index (χ0v) is 19.2. The normalized spacial score (nSPS) is 11.2. The second-order valence-corrected chi connectivity index (χ2v) is 8.89. The molecule has 34 heavy (non-hydrogen) atoms. The largest absolute Gasteiger partial charge is 0.378 e. The number of carbonyl (C=O) groups excluding carboxylic acids is 1. The maximum absolute atomic E-state index is 12.5. The first kappa shape index (κ1) is 24.5. The summed E-state index contributed by atoms with van der Waals surface area (Å²) >= 11 is 3.18. The van der Waals surface area contributed by atoms with Crippen LogP contribution in [0, 0.1) is 20.2 Å². The summed E-state index contributed by atoms with van der Waals surface area (Å²) in [6.07, 6.45) is 1.28. The number of hydrogen-bond acceptors (Lipinski definition) is 9. The predicted octanol–water partition coefficient (Wildman–Crippen LogP) is 3.80. The highest BCUT2D eigenvalue weighted by Crippen LogP contribution is 2.29. The summed E-state index contributed by atoms with van der Waals surface area (Å²) < 4.78 is 30.3. The van der Waals surface area contributed by atoms with E-state index >= 15 is 0 Å². The van der Waals surface area contributed by atoms with Gasteiger partial charge in [-0.25, -0.2) is 5.43 Å². The van der Waals surface area contributed by atoms with Crippen molar-refractivity contribution in [1.29, 1.82) is 0 Å². The number of non-ortho nitro benzene ring substituents is 2. The lowest BCUT2D eigenvalue weighted by atomic mass is 10.2. The quantitative estimate of drug-likeness (QED) is 0.191. The Morgan fingerprint density at radius 3 is 2.26 bits per heavy atom. The van der Waals surface area contributed by atoms with Crippen LogP contribution in [0.25, 0.3) is 0 Å². The molecular weight excluding hydrogens is 536 g/mol. The molecule has 3 aromatic rings. The second kappa shape index (κ2) is 10.2. The number of halogens is 1. The lowest BCUT2D eigenvalue weighted by Gasteiger charge is -2.09. The van der Waals surface area contributed by atoms with Crippen LogP contribution in [0.2, 0.25) is 0 Å². The highest BCUT2D eigenvalue weighted by molar-refractivity contribution is 9.10. The molecular formula is C20H13BrN4O8S. The molecule has 0 radical (unpaired) electrons.